The number of ketones is 1. The molecule has 0 saturated heterocycles. The van der Waals surface area contributed by atoms with Gasteiger partial charge in [0, 0.05) is 42.9 Å². The van der Waals surface area contributed by atoms with Crippen LogP contribution in [0.2, 0.25) is 0 Å². The number of Topliss-reactive ketones (excluding diaryl/α,β-unsaturated/α-hetero) is 1. The molecule has 7 heteroatoms. The largest absolute Gasteiger partial charge is 0.326 e. The molecule has 0 heterocycles. The zero-order valence-corrected chi connectivity index (χ0v) is 14.4. The van der Waals surface area contributed by atoms with Gasteiger partial charge in [0.2, 0.25) is 11.8 Å². The lowest BCUT2D eigenvalue weighted by atomic mass is 10.1. The summed E-state index contributed by atoms with van der Waals surface area (Å²) in [5, 5.41) is 2.65. The number of benzene rings is 2. The van der Waals surface area contributed by atoms with E-state index < -0.39 is 17.5 Å². The second kappa shape index (κ2) is 8.33. The van der Waals surface area contributed by atoms with E-state index in [-0.39, 0.29) is 30.3 Å². The van der Waals surface area contributed by atoms with Gasteiger partial charge in [0.25, 0.3) is 0 Å². The Bertz CT molecular complexity index is 835. The highest BCUT2D eigenvalue weighted by molar-refractivity contribution is 5.96. The van der Waals surface area contributed by atoms with Crippen LogP contribution in [0, 0.1) is 11.6 Å². The van der Waals surface area contributed by atoms with Crippen LogP contribution < -0.4 is 10.2 Å². The molecule has 0 fully saturated rings. The SMILES string of the molecule is CC(=O)c1ccc(NC(=O)CCN(C(C)=O)c2ccc(F)c(F)c2)cc1. The first kappa shape index (κ1) is 19.2. The average Bonchev–Trinajstić information content (AvgIpc) is 2.58. The molecule has 0 aliphatic rings. The minimum absolute atomic E-state index is 0.0117. The quantitative estimate of drug-likeness (QED) is 0.801. The smallest absolute Gasteiger partial charge is 0.226 e. The molecular weight excluding hydrogens is 342 g/mol. The number of halogens is 2. The molecule has 0 unspecified atom stereocenters. The van der Waals surface area contributed by atoms with Gasteiger partial charge < -0.3 is 10.2 Å². The van der Waals surface area contributed by atoms with Crippen LogP contribution in [0.3, 0.4) is 0 Å². The molecular formula is C19H18F2N2O3. The maximum atomic E-state index is 13.4. The number of anilines is 2. The van der Waals surface area contributed by atoms with Gasteiger partial charge in [-0.15, -0.1) is 0 Å². The van der Waals surface area contributed by atoms with Gasteiger partial charge in [-0.1, -0.05) is 0 Å². The Kier molecular flexibility index (Phi) is 6.16. The number of carbonyl (C=O) groups is 3. The van der Waals surface area contributed by atoms with Crippen LogP contribution in [-0.4, -0.2) is 24.1 Å². The Morgan fingerprint density at radius 3 is 2.15 bits per heavy atom. The Balaban J connectivity index is 1.99. The first-order valence-corrected chi connectivity index (χ1v) is 7.92. The van der Waals surface area contributed by atoms with E-state index in [0.717, 1.165) is 12.1 Å². The minimum atomic E-state index is -1.07. The zero-order valence-electron chi connectivity index (χ0n) is 14.4. The Hall–Kier alpha value is -3.09. The number of carbonyl (C=O) groups excluding carboxylic acids is 3. The summed E-state index contributed by atoms with van der Waals surface area (Å²) in [7, 11) is 0. The Morgan fingerprint density at radius 2 is 1.62 bits per heavy atom. The van der Waals surface area contributed by atoms with E-state index in [1.807, 2.05) is 0 Å². The van der Waals surface area contributed by atoms with Crippen molar-refractivity contribution in [3.8, 4) is 0 Å². The van der Waals surface area contributed by atoms with Gasteiger partial charge in [-0.05, 0) is 43.3 Å². The molecule has 0 radical (unpaired) electrons. The van der Waals surface area contributed by atoms with Gasteiger partial charge >= 0.3 is 0 Å². The molecule has 1 N–H and O–H groups in total. The standard InChI is InChI=1S/C19H18F2N2O3/c1-12(24)14-3-5-15(6-4-14)22-19(26)9-10-23(13(2)25)16-7-8-17(20)18(21)11-16/h3-8,11H,9-10H2,1-2H3,(H,22,26). The van der Waals surface area contributed by atoms with Crippen LogP contribution in [0.25, 0.3) is 0 Å². The lowest BCUT2D eigenvalue weighted by Gasteiger charge is -2.21. The molecule has 0 aromatic heterocycles. The summed E-state index contributed by atoms with van der Waals surface area (Å²) in [6, 6.07) is 9.52. The molecule has 0 spiro atoms. The number of hydrogen-bond acceptors (Lipinski definition) is 3. The van der Waals surface area contributed by atoms with Crippen LogP contribution in [0.15, 0.2) is 42.5 Å². The Morgan fingerprint density at radius 1 is 0.962 bits per heavy atom. The molecule has 0 bridgehead atoms. The van der Waals surface area contributed by atoms with Gasteiger partial charge in [-0.2, -0.15) is 0 Å². The maximum absolute atomic E-state index is 13.4. The number of hydrogen-bond donors (Lipinski definition) is 1. The molecule has 0 aliphatic carbocycles. The average molecular weight is 360 g/mol. The molecule has 2 amide bonds. The summed E-state index contributed by atoms with van der Waals surface area (Å²) in [5.74, 6) is -2.90. The highest BCUT2D eigenvalue weighted by Crippen LogP contribution is 2.19. The predicted octanol–water partition coefficient (Wildman–Crippen LogP) is 3.55. The third-order valence-electron chi connectivity index (χ3n) is 3.73. The van der Waals surface area contributed by atoms with Gasteiger partial charge in [0.1, 0.15) is 0 Å². The second-order valence-electron chi connectivity index (χ2n) is 5.70. The normalized spacial score (nSPS) is 10.3. The summed E-state index contributed by atoms with van der Waals surface area (Å²) in [5.41, 5.74) is 1.22. The summed E-state index contributed by atoms with van der Waals surface area (Å²) >= 11 is 0. The summed E-state index contributed by atoms with van der Waals surface area (Å²) in [6.07, 6.45) is -0.0347. The fourth-order valence-corrected chi connectivity index (χ4v) is 2.35. The van der Waals surface area contributed by atoms with Crippen molar-refractivity contribution in [2.24, 2.45) is 0 Å². The summed E-state index contributed by atoms with van der Waals surface area (Å²) < 4.78 is 26.4. The third-order valence-corrected chi connectivity index (χ3v) is 3.73. The molecule has 2 aromatic carbocycles. The number of nitrogens with one attached hydrogen (secondary N) is 1. The van der Waals surface area contributed by atoms with E-state index >= 15 is 0 Å². The molecule has 0 aliphatic heterocycles. The topological polar surface area (TPSA) is 66.5 Å². The molecule has 2 aromatic rings. The first-order valence-electron chi connectivity index (χ1n) is 7.92. The van der Waals surface area contributed by atoms with Crippen molar-refractivity contribution < 1.29 is 23.2 Å². The third kappa shape index (κ3) is 4.95. The number of nitrogens with zero attached hydrogens (tertiary/aromatic N) is 1. The van der Waals surface area contributed by atoms with Crippen LogP contribution in [0.5, 0.6) is 0 Å². The van der Waals surface area contributed by atoms with Crippen molar-refractivity contribution in [2.45, 2.75) is 20.3 Å². The van der Waals surface area contributed by atoms with Crippen molar-refractivity contribution in [3.05, 3.63) is 59.7 Å². The number of rotatable bonds is 6. The maximum Gasteiger partial charge on any atom is 0.226 e. The van der Waals surface area contributed by atoms with Crippen molar-refractivity contribution in [3.63, 3.8) is 0 Å². The lowest BCUT2D eigenvalue weighted by molar-refractivity contribution is -0.117. The van der Waals surface area contributed by atoms with Crippen LogP contribution in [-0.2, 0) is 9.59 Å². The van der Waals surface area contributed by atoms with E-state index in [2.05, 4.69) is 5.32 Å². The molecule has 136 valence electrons. The molecule has 26 heavy (non-hydrogen) atoms. The zero-order chi connectivity index (χ0) is 19.3. The van der Waals surface area contributed by atoms with Gasteiger partial charge in [-0.25, -0.2) is 8.78 Å². The van der Waals surface area contributed by atoms with E-state index in [9.17, 15) is 23.2 Å². The highest BCUT2D eigenvalue weighted by Gasteiger charge is 2.15. The molecule has 0 atom stereocenters. The fourth-order valence-electron chi connectivity index (χ4n) is 2.35. The lowest BCUT2D eigenvalue weighted by Crippen LogP contribution is -2.32. The van der Waals surface area contributed by atoms with Crippen molar-refractivity contribution >= 4 is 29.0 Å². The van der Waals surface area contributed by atoms with E-state index in [4.69, 9.17) is 0 Å². The minimum Gasteiger partial charge on any atom is -0.326 e. The fraction of sp³-hybridized carbons (Fsp3) is 0.211. The molecule has 2 rings (SSSR count). The number of amides is 2. The van der Waals surface area contributed by atoms with Crippen LogP contribution in [0.1, 0.15) is 30.6 Å². The van der Waals surface area contributed by atoms with Crippen molar-refractivity contribution in [1.29, 1.82) is 0 Å². The van der Waals surface area contributed by atoms with Crippen molar-refractivity contribution in [2.75, 3.05) is 16.8 Å². The summed E-state index contributed by atoms with van der Waals surface area (Å²) in [4.78, 5) is 36.2. The van der Waals surface area contributed by atoms with Gasteiger partial charge in [0.05, 0.1) is 0 Å². The van der Waals surface area contributed by atoms with E-state index in [1.165, 1.54) is 24.8 Å². The first-order chi connectivity index (χ1) is 12.3. The van der Waals surface area contributed by atoms with Gasteiger partial charge in [0.15, 0.2) is 17.4 Å². The second-order valence-corrected chi connectivity index (χ2v) is 5.70. The monoisotopic (exact) mass is 360 g/mol. The predicted molar refractivity (Wildman–Crippen MR) is 94.1 cm³/mol. The molecule has 5 nitrogen and oxygen atoms in total. The van der Waals surface area contributed by atoms with E-state index in [1.54, 1.807) is 24.3 Å². The summed E-state index contributed by atoms with van der Waals surface area (Å²) in [6.45, 7) is 2.74. The Labute approximate surface area is 149 Å². The van der Waals surface area contributed by atoms with Crippen LogP contribution in [0.4, 0.5) is 20.2 Å². The van der Waals surface area contributed by atoms with Crippen LogP contribution >= 0.6 is 0 Å². The molecule has 0 saturated carbocycles. The van der Waals surface area contributed by atoms with Gasteiger partial charge in [-0.3, -0.25) is 14.4 Å². The van der Waals surface area contributed by atoms with Crippen molar-refractivity contribution in [1.82, 2.24) is 0 Å². The van der Waals surface area contributed by atoms with E-state index in [0.29, 0.717) is 11.3 Å². The highest BCUT2D eigenvalue weighted by atomic mass is 19.2.